The number of carbonyl (C=O) groups excluding carboxylic acids is 2. The molecule has 0 atom stereocenters. The van der Waals surface area contributed by atoms with Crippen LogP contribution in [0.25, 0.3) is 11.4 Å². The van der Waals surface area contributed by atoms with E-state index in [0.717, 1.165) is 22.8 Å². The van der Waals surface area contributed by atoms with Crippen LogP contribution in [0, 0.1) is 0 Å². The zero-order valence-electron chi connectivity index (χ0n) is 27.3. The van der Waals surface area contributed by atoms with E-state index >= 15 is 0 Å². The molecular formula is C31H30ClF6N9O5. The maximum atomic E-state index is 14.1. The lowest BCUT2D eigenvalue weighted by Gasteiger charge is -2.36. The van der Waals surface area contributed by atoms with E-state index in [1.165, 1.54) is 9.47 Å². The normalized spacial score (nSPS) is 15.7. The van der Waals surface area contributed by atoms with Gasteiger partial charge >= 0.3 is 12.4 Å². The zero-order chi connectivity index (χ0) is 37.5. The number of benzene rings is 1. The highest BCUT2D eigenvalue weighted by Crippen LogP contribution is 2.34. The molecule has 0 unspecified atom stereocenters. The number of nitrogens with zero attached hydrogens (tertiary/aromatic N) is 7. The van der Waals surface area contributed by atoms with Gasteiger partial charge in [0.2, 0.25) is 11.7 Å². The lowest BCUT2D eigenvalue weighted by atomic mass is 10.1. The number of aromatic nitrogens is 6. The molecule has 14 nitrogen and oxygen atoms in total. The number of hydrogen-bond donors (Lipinski definition) is 2. The third-order valence-corrected chi connectivity index (χ3v) is 8.89. The lowest BCUT2D eigenvalue weighted by Crippen LogP contribution is -2.51. The lowest BCUT2D eigenvalue weighted by molar-refractivity contribution is -0.143. The molecule has 0 spiro atoms. The van der Waals surface area contributed by atoms with Crippen molar-refractivity contribution in [2.24, 2.45) is 0 Å². The predicted octanol–water partition coefficient (Wildman–Crippen LogP) is 3.58. The smallest absolute Gasteiger partial charge is 0.377 e. The summed E-state index contributed by atoms with van der Waals surface area (Å²) in [6, 6.07) is 2.50. The number of hydrogen-bond acceptors (Lipinski definition) is 8. The number of rotatable bonds is 8. The van der Waals surface area contributed by atoms with Gasteiger partial charge in [-0.1, -0.05) is 24.6 Å². The summed E-state index contributed by atoms with van der Waals surface area (Å²) in [7, 11) is 0. The molecule has 0 aliphatic carbocycles. The number of amides is 2. The first-order valence-corrected chi connectivity index (χ1v) is 16.3. The van der Waals surface area contributed by atoms with E-state index in [1.807, 2.05) is 0 Å². The van der Waals surface area contributed by atoms with Gasteiger partial charge in [0.15, 0.2) is 5.82 Å². The third-order valence-electron chi connectivity index (χ3n) is 8.57. The summed E-state index contributed by atoms with van der Waals surface area (Å²) in [5.41, 5.74) is -1.99. The van der Waals surface area contributed by atoms with Gasteiger partial charge in [-0.05, 0) is 36.6 Å². The van der Waals surface area contributed by atoms with E-state index in [4.69, 9.17) is 16.3 Å². The van der Waals surface area contributed by atoms with E-state index in [9.17, 15) is 45.5 Å². The van der Waals surface area contributed by atoms with E-state index < -0.39 is 59.5 Å². The summed E-state index contributed by atoms with van der Waals surface area (Å²) >= 11 is 6.08. The molecule has 2 amide bonds. The summed E-state index contributed by atoms with van der Waals surface area (Å²) in [5.74, 6) is -1.22. The molecule has 5 heterocycles. The summed E-state index contributed by atoms with van der Waals surface area (Å²) in [5, 5.41) is 8.81. The average molecular weight is 758 g/mol. The van der Waals surface area contributed by atoms with Crippen LogP contribution in [0.5, 0.6) is 0 Å². The molecule has 1 aromatic carbocycles. The van der Waals surface area contributed by atoms with Crippen LogP contribution in [-0.2, 0) is 35.2 Å². The van der Waals surface area contributed by atoms with Gasteiger partial charge in [0.1, 0.15) is 24.3 Å². The monoisotopic (exact) mass is 757 g/mol. The van der Waals surface area contributed by atoms with Gasteiger partial charge in [0.25, 0.3) is 17.0 Å². The number of piperazine rings is 1. The highest BCUT2D eigenvalue weighted by atomic mass is 35.5. The Kier molecular flexibility index (Phi) is 9.97. The number of ether oxygens (including phenoxy) is 1. The van der Waals surface area contributed by atoms with Crippen molar-refractivity contribution in [2.75, 3.05) is 49.6 Å². The van der Waals surface area contributed by atoms with Crippen molar-refractivity contribution in [1.82, 2.24) is 33.8 Å². The van der Waals surface area contributed by atoms with E-state index in [0.29, 0.717) is 41.6 Å². The van der Waals surface area contributed by atoms with Gasteiger partial charge in [-0.2, -0.15) is 35.8 Å². The fourth-order valence-corrected chi connectivity index (χ4v) is 6.31. The van der Waals surface area contributed by atoms with Crippen molar-refractivity contribution >= 4 is 46.1 Å². The summed E-state index contributed by atoms with van der Waals surface area (Å²) in [6.07, 6.45) is -5.98. The number of anilines is 2. The second kappa shape index (κ2) is 14.1. The number of halogens is 7. The van der Waals surface area contributed by atoms with Gasteiger partial charge in [-0.25, -0.2) is 4.68 Å². The van der Waals surface area contributed by atoms with Gasteiger partial charge in [-0.3, -0.25) is 19.2 Å². The van der Waals surface area contributed by atoms with Crippen molar-refractivity contribution < 1.29 is 40.7 Å². The SMILES string of the molecule is CCc1c(N2CCN(C(=O)c3c[nH]n(CC(F)(F)F)c3=O)CC2)c(=O)n2nc(C3=CCOCC3)nc2n1CC(=O)Nc1ccc(C(F)(F)F)cc1Cl. The Balaban J connectivity index is 1.32. The summed E-state index contributed by atoms with van der Waals surface area (Å²) in [4.78, 5) is 60.8. The molecule has 4 aromatic rings. The number of alkyl halides is 6. The molecule has 0 saturated carbocycles. The molecule has 2 aliphatic heterocycles. The number of aromatic amines is 1. The molecule has 278 valence electrons. The molecule has 0 radical (unpaired) electrons. The standard InChI is InChI=1S/C31H30ClF6N9O5/c1-2-22-24(43-7-9-44(10-8-43)26(49)19-14-39-46(27(19)50)16-30(33,34)35)28(51)47-29(41-25(42-47)17-5-11-52-12-6-17)45(22)15-23(48)40-21-4-3-18(13-20(21)32)31(36,37)38/h3-5,13-14,39H,2,6-12,15-16H2,1H3,(H,40,48). The van der Waals surface area contributed by atoms with Crippen LogP contribution in [0.15, 0.2) is 40.1 Å². The van der Waals surface area contributed by atoms with Crippen molar-refractivity contribution in [3.63, 3.8) is 0 Å². The van der Waals surface area contributed by atoms with Crippen LogP contribution in [0.3, 0.4) is 0 Å². The number of fused-ring (bicyclic) bond motifs is 1. The largest absolute Gasteiger partial charge is 0.416 e. The first-order valence-electron chi connectivity index (χ1n) is 15.9. The molecular weight excluding hydrogens is 728 g/mol. The van der Waals surface area contributed by atoms with Crippen LogP contribution in [0.1, 0.15) is 40.8 Å². The minimum atomic E-state index is -4.69. The van der Waals surface area contributed by atoms with Crippen molar-refractivity contribution in [3.8, 4) is 0 Å². The minimum absolute atomic E-state index is 0.00818. The Hall–Kier alpha value is -5.11. The van der Waals surface area contributed by atoms with E-state index in [2.05, 4.69) is 20.5 Å². The minimum Gasteiger partial charge on any atom is -0.377 e. The fraction of sp³-hybridized carbons (Fsp3) is 0.419. The summed E-state index contributed by atoms with van der Waals surface area (Å²) < 4.78 is 86.3. The summed E-state index contributed by atoms with van der Waals surface area (Å²) in [6.45, 7) is 0.521. The molecule has 0 bridgehead atoms. The highest BCUT2D eigenvalue weighted by molar-refractivity contribution is 6.33. The molecule has 2 aliphatic rings. The van der Waals surface area contributed by atoms with Crippen LogP contribution < -0.4 is 21.3 Å². The maximum absolute atomic E-state index is 14.1. The van der Waals surface area contributed by atoms with E-state index in [-0.39, 0.29) is 60.6 Å². The zero-order valence-corrected chi connectivity index (χ0v) is 28.0. The molecule has 2 N–H and O–H groups in total. The topological polar surface area (TPSA) is 152 Å². The highest BCUT2D eigenvalue weighted by Gasteiger charge is 2.34. The van der Waals surface area contributed by atoms with Crippen molar-refractivity contribution in [2.45, 2.75) is 45.2 Å². The molecule has 3 aromatic heterocycles. The number of nitrogens with one attached hydrogen (secondary N) is 2. The Labute approximate surface area is 294 Å². The van der Waals surface area contributed by atoms with Crippen LogP contribution in [0.4, 0.5) is 37.7 Å². The van der Waals surface area contributed by atoms with Crippen LogP contribution in [0.2, 0.25) is 5.02 Å². The second-order valence-electron chi connectivity index (χ2n) is 12.0. The van der Waals surface area contributed by atoms with E-state index in [1.54, 1.807) is 17.9 Å². The first-order chi connectivity index (χ1) is 24.6. The Morgan fingerprint density at radius 3 is 2.40 bits per heavy atom. The maximum Gasteiger partial charge on any atom is 0.416 e. The molecule has 1 saturated heterocycles. The number of carbonyl (C=O) groups is 2. The van der Waals surface area contributed by atoms with Gasteiger partial charge < -0.3 is 29.5 Å². The fourth-order valence-electron chi connectivity index (χ4n) is 6.08. The van der Waals surface area contributed by atoms with Crippen molar-refractivity contribution in [1.29, 1.82) is 0 Å². The number of H-pyrrole nitrogens is 1. The second-order valence-corrected chi connectivity index (χ2v) is 12.4. The molecule has 1 fully saturated rings. The van der Waals surface area contributed by atoms with Gasteiger partial charge in [0, 0.05) is 32.4 Å². The Morgan fingerprint density at radius 2 is 1.79 bits per heavy atom. The van der Waals surface area contributed by atoms with Crippen LogP contribution >= 0.6 is 11.6 Å². The van der Waals surface area contributed by atoms with Crippen LogP contribution in [-0.4, -0.2) is 91.2 Å². The third kappa shape index (κ3) is 7.43. The molecule has 52 heavy (non-hydrogen) atoms. The van der Waals surface area contributed by atoms with Gasteiger partial charge in [-0.15, -0.1) is 5.10 Å². The van der Waals surface area contributed by atoms with Gasteiger partial charge in [0.05, 0.1) is 35.2 Å². The molecule has 6 rings (SSSR count). The first kappa shape index (κ1) is 36.7. The molecule has 21 heteroatoms. The predicted molar refractivity (Wildman–Crippen MR) is 174 cm³/mol. The Morgan fingerprint density at radius 1 is 1.06 bits per heavy atom. The average Bonchev–Trinajstić information content (AvgIpc) is 3.70. The quantitative estimate of drug-likeness (QED) is 0.259. The van der Waals surface area contributed by atoms with Crippen molar-refractivity contribution in [3.05, 3.63) is 78.8 Å². The Bertz CT molecular complexity index is 2180.